The minimum Gasteiger partial charge on any atom is -0.480 e. The van der Waals surface area contributed by atoms with E-state index in [0.717, 1.165) is 12.8 Å². The fourth-order valence-corrected chi connectivity index (χ4v) is 2.23. The molecule has 98 valence electrons. The van der Waals surface area contributed by atoms with Gasteiger partial charge in [-0.15, -0.1) is 0 Å². The summed E-state index contributed by atoms with van der Waals surface area (Å²) in [7, 11) is 0. The molecule has 0 heterocycles. The monoisotopic (exact) mass is 248 g/mol. The van der Waals surface area contributed by atoms with Gasteiger partial charge in [-0.2, -0.15) is 0 Å². The first-order valence-electron chi connectivity index (χ1n) is 6.41. The molecule has 3 heteroatoms. The van der Waals surface area contributed by atoms with E-state index < -0.39 is 11.4 Å². The Morgan fingerprint density at radius 2 is 1.78 bits per heavy atom. The highest BCUT2D eigenvalue weighted by molar-refractivity contribution is 6.08. The molecule has 1 rings (SSSR count). The smallest absolute Gasteiger partial charge is 0.321 e. The number of Topliss-reactive ketones (excluding diaryl/α,β-unsaturated/α-hetero) is 1. The second-order valence-corrected chi connectivity index (χ2v) is 4.46. The van der Waals surface area contributed by atoms with Gasteiger partial charge in [-0.1, -0.05) is 50.6 Å². The first kappa shape index (κ1) is 14.4. The maximum atomic E-state index is 12.3. The molecule has 0 saturated carbocycles. The van der Waals surface area contributed by atoms with Crippen molar-refractivity contribution < 1.29 is 14.7 Å². The lowest BCUT2D eigenvalue weighted by molar-refractivity contribution is -0.149. The van der Waals surface area contributed by atoms with E-state index in [-0.39, 0.29) is 12.2 Å². The molecule has 0 radical (unpaired) electrons. The zero-order chi connectivity index (χ0) is 13.6. The van der Waals surface area contributed by atoms with Crippen molar-refractivity contribution >= 4 is 11.8 Å². The Morgan fingerprint density at radius 1 is 1.17 bits per heavy atom. The highest BCUT2D eigenvalue weighted by Gasteiger charge is 2.44. The summed E-state index contributed by atoms with van der Waals surface area (Å²) in [6, 6.07) is 8.82. The Balaban J connectivity index is 3.18. The van der Waals surface area contributed by atoms with Gasteiger partial charge in [0.05, 0.1) is 0 Å². The first-order valence-corrected chi connectivity index (χ1v) is 6.41. The fourth-order valence-electron chi connectivity index (χ4n) is 2.23. The van der Waals surface area contributed by atoms with Crippen molar-refractivity contribution in [1.82, 2.24) is 0 Å². The van der Waals surface area contributed by atoms with E-state index in [4.69, 9.17) is 0 Å². The quantitative estimate of drug-likeness (QED) is 0.754. The number of hydrogen-bond acceptors (Lipinski definition) is 2. The molecule has 1 aromatic carbocycles. The largest absolute Gasteiger partial charge is 0.480 e. The van der Waals surface area contributed by atoms with Crippen LogP contribution in [0.5, 0.6) is 0 Å². The Kier molecular flexibility index (Phi) is 5.08. The number of carbonyl (C=O) groups is 2. The molecule has 0 spiro atoms. The average Bonchev–Trinajstić information content (AvgIpc) is 2.38. The number of ketones is 1. The third kappa shape index (κ3) is 2.61. The summed E-state index contributed by atoms with van der Waals surface area (Å²) in [5.41, 5.74) is -0.794. The Hall–Kier alpha value is -1.64. The number of benzene rings is 1. The fraction of sp³-hybridized carbons (Fsp3) is 0.467. The van der Waals surface area contributed by atoms with Gasteiger partial charge in [0, 0.05) is 6.42 Å². The minimum absolute atomic E-state index is 0.189. The van der Waals surface area contributed by atoms with Crippen LogP contribution in [0.4, 0.5) is 0 Å². The van der Waals surface area contributed by atoms with E-state index in [1.165, 1.54) is 0 Å². The summed E-state index contributed by atoms with van der Waals surface area (Å²) in [5.74, 6) is -1.23. The minimum atomic E-state index is -1.38. The maximum absolute atomic E-state index is 12.3. The standard InChI is InChI=1S/C15H20O3/c1-3-5-11-13(16)15(4-2,14(17)18)12-9-7-6-8-10-12/h6-10H,3-5,11H2,1-2H3,(H,17,18). The van der Waals surface area contributed by atoms with Crippen LogP contribution in [-0.2, 0) is 15.0 Å². The lowest BCUT2D eigenvalue weighted by Gasteiger charge is -2.27. The second kappa shape index (κ2) is 6.34. The van der Waals surface area contributed by atoms with Crippen molar-refractivity contribution in [2.24, 2.45) is 0 Å². The van der Waals surface area contributed by atoms with Crippen LogP contribution in [0.25, 0.3) is 0 Å². The molecule has 0 fully saturated rings. The number of unbranched alkanes of at least 4 members (excludes halogenated alkanes) is 1. The summed E-state index contributed by atoms with van der Waals surface area (Å²) in [4.78, 5) is 24.0. The average molecular weight is 248 g/mol. The van der Waals surface area contributed by atoms with Crippen molar-refractivity contribution in [3.63, 3.8) is 0 Å². The molecule has 1 unspecified atom stereocenters. The molecule has 1 atom stereocenters. The van der Waals surface area contributed by atoms with Gasteiger partial charge >= 0.3 is 5.97 Å². The lowest BCUT2D eigenvalue weighted by atomic mass is 9.73. The molecular weight excluding hydrogens is 228 g/mol. The molecule has 0 amide bonds. The third-order valence-electron chi connectivity index (χ3n) is 3.40. The predicted octanol–water partition coefficient (Wildman–Crippen LogP) is 3.18. The van der Waals surface area contributed by atoms with E-state index in [2.05, 4.69) is 0 Å². The van der Waals surface area contributed by atoms with E-state index >= 15 is 0 Å². The predicted molar refractivity (Wildman–Crippen MR) is 70.6 cm³/mol. The van der Waals surface area contributed by atoms with Crippen LogP contribution in [0.15, 0.2) is 30.3 Å². The third-order valence-corrected chi connectivity index (χ3v) is 3.40. The molecule has 0 aliphatic heterocycles. The molecule has 0 saturated heterocycles. The SMILES string of the molecule is CCCCC(=O)C(CC)(C(=O)O)c1ccccc1. The summed E-state index contributed by atoms with van der Waals surface area (Å²) in [6.45, 7) is 3.75. The van der Waals surface area contributed by atoms with Gasteiger partial charge in [0.2, 0.25) is 0 Å². The van der Waals surface area contributed by atoms with Gasteiger partial charge in [0.1, 0.15) is 0 Å². The number of carbonyl (C=O) groups excluding carboxylic acids is 1. The van der Waals surface area contributed by atoms with Gasteiger partial charge in [-0.3, -0.25) is 9.59 Å². The zero-order valence-corrected chi connectivity index (χ0v) is 11.0. The van der Waals surface area contributed by atoms with Crippen LogP contribution in [0.3, 0.4) is 0 Å². The van der Waals surface area contributed by atoms with E-state index in [0.29, 0.717) is 12.0 Å². The van der Waals surface area contributed by atoms with Crippen LogP contribution in [0, 0.1) is 0 Å². The summed E-state index contributed by atoms with van der Waals surface area (Å²) in [6.07, 6.45) is 2.24. The first-order chi connectivity index (χ1) is 8.59. The zero-order valence-electron chi connectivity index (χ0n) is 11.0. The number of rotatable bonds is 7. The Bertz CT molecular complexity index is 411. The normalized spacial score (nSPS) is 13.9. The second-order valence-electron chi connectivity index (χ2n) is 4.46. The van der Waals surface area contributed by atoms with Gasteiger partial charge in [0.15, 0.2) is 11.2 Å². The van der Waals surface area contributed by atoms with E-state index in [1.807, 2.05) is 13.0 Å². The van der Waals surface area contributed by atoms with Gasteiger partial charge < -0.3 is 5.11 Å². The van der Waals surface area contributed by atoms with Crippen LogP contribution < -0.4 is 0 Å². The van der Waals surface area contributed by atoms with Crippen molar-refractivity contribution in [3.05, 3.63) is 35.9 Å². The topological polar surface area (TPSA) is 54.4 Å². The molecule has 0 aliphatic rings. The maximum Gasteiger partial charge on any atom is 0.321 e. The van der Waals surface area contributed by atoms with Gasteiger partial charge in [0.25, 0.3) is 0 Å². The molecule has 1 N–H and O–H groups in total. The van der Waals surface area contributed by atoms with E-state index in [9.17, 15) is 14.7 Å². The van der Waals surface area contributed by atoms with Crippen molar-refractivity contribution in [3.8, 4) is 0 Å². The molecule has 18 heavy (non-hydrogen) atoms. The number of hydrogen-bond donors (Lipinski definition) is 1. The number of aliphatic carboxylic acids is 1. The van der Waals surface area contributed by atoms with Crippen LogP contribution in [0.2, 0.25) is 0 Å². The molecular formula is C15H20O3. The van der Waals surface area contributed by atoms with Crippen molar-refractivity contribution in [2.45, 2.75) is 44.9 Å². The Labute approximate surface area is 108 Å². The van der Waals surface area contributed by atoms with Crippen molar-refractivity contribution in [1.29, 1.82) is 0 Å². The lowest BCUT2D eigenvalue weighted by Crippen LogP contribution is -2.43. The van der Waals surface area contributed by atoms with Gasteiger partial charge in [-0.05, 0) is 18.4 Å². The van der Waals surface area contributed by atoms with E-state index in [1.54, 1.807) is 31.2 Å². The number of carboxylic acids is 1. The van der Waals surface area contributed by atoms with Crippen molar-refractivity contribution in [2.75, 3.05) is 0 Å². The summed E-state index contributed by atoms with van der Waals surface area (Å²) in [5, 5.41) is 9.53. The number of carboxylic acid groups (broad SMARTS) is 1. The highest BCUT2D eigenvalue weighted by Crippen LogP contribution is 2.31. The summed E-state index contributed by atoms with van der Waals surface area (Å²) >= 11 is 0. The molecule has 1 aromatic rings. The van der Waals surface area contributed by atoms with Gasteiger partial charge in [-0.25, -0.2) is 0 Å². The summed E-state index contributed by atoms with van der Waals surface area (Å²) < 4.78 is 0. The molecule has 0 aliphatic carbocycles. The Morgan fingerprint density at radius 3 is 2.22 bits per heavy atom. The van der Waals surface area contributed by atoms with Crippen LogP contribution >= 0.6 is 0 Å². The molecule has 0 aromatic heterocycles. The molecule has 3 nitrogen and oxygen atoms in total. The molecule has 0 bridgehead atoms. The van der Waals surface area contributed by atoms with Crippen LogP contribution in [0.1, 0.15) is 45.1 Å². The highest BCUT2D eigenvalue weighted by atomic mass is 16.4. The van der Waals surface area contributed by atoms with Crippen LogP contribution in [-0.4, -0.2) is 16.9 Å².